The highest BCUT2D eigenvalue weighted by atomic mass is 16.5. The zero-order valence-electron chi connectivity index (χ0n) is 11.9. The van der Waals surface area contributed by atoms with Crippen molar-refractivity contribution in [3.8, 4) is 0 Å². The van der Waals surface area contributed by atoms with Gasteiger partial charge >= 0.3 is 7.62 Å². The molecule has 2 aromatic rings. The van der Waals surface area contributed by atoms with Crippen molar-refractivity contribution < 1.29 is 4.65 Å². The number of hydrogen-bond donors (Lipinski definition) is 1. The summed E-state index contributed by atoms with van der Waals surface area (Å²) in [7, 11) is 1.74. The summed E-state index contributed by atoms with van der Waals surface area (Å²) in [5.41, 5.74) is 1.92. The van der Waals surface area contributed by atoms with Crippen molar-refractivity contribution in [2.45, 2.75) is 25.5 Å². The summed E-state index contributed by atoms with van der Waals surface area (Å²) >= 11 is 0. The fourth-order valence-corrected chi connectivity index (χ4v) is 3.09. The minimum Gasteiger partial charge on any atom is -0.409 e. The van der Waals surface area contributed by atoms with Gasteiger partial charge in [0.25, 0.3) is 0 Å². The van der Waals surface area contributed by atoms with Gasteiger partial charge in [-0.3, -0.25) is 0 Å². The van der Waals surface area contributed by atoms with E-state index in [1.807, 2.05) is 12.1 Å². The van der Waals surface area contributed by atoms with Crippen molar-refractivity contribution in [3.63, 3.8) is 0 Å². The van der Waals surface area contributed by atoms with Crippen LogP contribution in [0.25, 0.3) is 0 Å². The Hall–Kier alpha value is -1.58. The molecule has 1 saturated heterocycles. The summed E-state index contributed by atoms with van der Waals surface area (Å²) < 4.78 is 6.15. The maximum Gasteiger partial charge on any atom is 0.397 e. The summed E-state index contributed by atoms with van der Waals surface area (Å²) in [6.07, 6.45) is 0. The molecule has 0 aromatic heterocycles. The summed E-state index contributed by atoms with van der Waals surface area (Å²) in [5, 5.41) is 3.40. The minimum atomic E-state index is -0.448. The smallest absolute Gasteiger partial charge is 0.397 e. The van der Waals surface area contributed by atoms with Crippen LogP contribution in [0.4, 0.5) is 0 Å². The van der Waals surface area contributed by atoms with Crippen LogP contribution in [0.2, 0.25) is 0 Å². The predicted molar refractivity (Wildman–Crippen MR) is 82.3 cm³/mol. The summed E-state index contributed by atoms with van der Waals surface area (Å²) in [6, 6.07) is 21.1. The molecule has 1 atom stereocenters. The third-order valence-electron chi connectivity index (χ3n) is 4.00. The first-order chi connectivity index (χ1) is 9.75. The average molecular weight is 264 g/mol. The standard InChI is InChI=1S/C17H19BNO/c1-13(2)16-17(20-18-19-16,14-9-5-3-6-10-14)15-11-7-4-8-12-15/h3-13,16,19H,1-2H3. The van der Waals surface area contributed by atoms with E-state index in [0.717, 1.165) is 0 Å². The average Bonchev–Trinajstić information content (AvgIpc) is 2.95. The number of nitrogens with one attached hydrogen (secondary N) is 1. The van der Waals surface area contributed by atoms with E-state index >= 15 is 0 Å². The highest BCUT2D eigenvalue weighted by Crippen LogP contribution is 2.41. The molecule has 0 amide bonds. The third-order valence-corrected chi connectivity index (χ3v) is 4.00. The summed E-state index contributed by atoms with van der Waals surface area (Å²) in [4.78, 5) is 0. The minimum absolute atomic E-state index is 0.215. The van der Waals surface area contributed by atoms with Gasteiger partial charge in [-0.05, 0) is 17.0 Å². The molecule has 1 unspecified atom stereocenters. The maximum absolute atomic E-state index is 6.15. The zero-order chi connectivity index (χ0) is 14.0. The van der Waals surface area contributed by atoms with Crippen LogP contribution in [0.1, 0.15) is 25.0 Å². The molecule has 0 aliphatic carbocycles. The highest BCUT2D eigenvalue weighted by molar-refractivity contribution is 6.25. The van der Waals surface area contributed by atoms with E-state index in [1.165, 1.54) is 11.1 Å². The van der Waals surface area contributed by atoms with Gasteiger partial charge in [0.2, 0.25) is 0 Å². The molecule has 0 spiro atoms. The number of hydrogen-bond acceptors (Lipinski definition) is 2. The van der Waals surface area contributed by atoms with Gasteiger partial charge in [0, 0.05) is 6.04 Å². The molecule has 3 heteroatoms. The molecule has 1 radical (unpaired) electrons. The molecule has 101 valence electrons. The van der Waals surface area contributed by atoms with E-state index in [4.69, 9.17) is 4.65 Å². The molecule has 1 fully saturated rings. The monoisotopic (exact) mass is 264 g/mol. The van der Waals surface area contributed by atoms with Gasteiger partial charge < -0.3 is 9.88 Å². The SMILES string of the molecule is CC(C)C1N[B]OC1(c1ccccc1)c1ccccc1. The van der Waals surface area contributed by atoms with E-state index in [0.29, 0.717) is 5.92 Å². The van der Waals surface area contributed by atoms with E-state index < -0.39 is 5.60 Å². The Morgan fingerprint density at radius 3 is 1.90 bits per heavy atom. The normalized spacial score (nSPS) is 20.9. The predicted octanol–water partition coefficient (Wildman–Crippen LogP) is 3.11. The van der Waals surface area contributed by atoms with Crippen molar-refractivity contribution >= 4 is 7.62 Å². The van der Waals surface area contributed by atoms with Crippen LogP contribution in [0.3, 0.4) is 0 Å². The Bertz CT molecular complexity index is 516. The fourth-order valence-electron chi connectivity index (χ4n) is 3.09. The number of rotatable bonds is 3. The van der Waals surface area contributed by atoms with Crippen molar-refractivity contribution in [2.75, 3.05) is 0 Å². The molecule has 3 rings (SSSR count). The van der Waals surface area contributed by atoms with Crippen molar-refractivity contribution in [3.05, 3.63) is 71.8 Å². The van der Waals surface area contributed by atoms with Crippen LogP contribution in [0.5, 0.6) is 0 Å². The molecule has 1 aliphatic heterocycles. The summed E-state index contributed by atoms with van der Waals surface area (Å²) in [5.74, 6) is 0.453. The van der Waals surface area contributed by atoms with E-state index in [1.54, 1.807) is 7.62 Å². The largest absolute Gasteiger partial charge is 0.409 e. The lowest BCUT2D eigenvalue weighted by Crippen LogP contribution is -2.45. The molecule has 1 heterocycles. The Labute approximate surface area is 121 Å². The first kappa shape index (κ1) is 13.4. The zero-order valence-corrected chi connectivity index (χ0v) is 11.9. The maximum atomic E-state index is 6.15. The quantitative estimate of drug-likeness (QED) is 0.860. The van der Waals surface area contributed by atoms with Crippen LogP contribution in [0, 0.1) is 5.92 Å². The highest BCUT2D eigenvalue weighted by Gasteiger charge is 2.48. The molecule has 1 aliphatic rings. The topological polar surface area (TPSA) is 21.3 Å². The second kappa shape index (κ2) is 5.43. The van der Waals surface area contributed by atoms with Crippen LogP contribution in [-0.4, -0.2) is 13.7 Å². The Morgan fingerprint density at radius 1 is 0.950 bits per heavy atom. The molecule has 2 nitrogen and oxygen atoms in total. The van der Waals surface area contributed by atoms with Crippen molar-refractivity contribution in [1.29, 1.82) is 0 Å². The van der Waals surface area contributed by atoms with Crippen LogP contribution < -0.4 is 5.23 Å². The summed E-state index contributed by atoms with van der Waals surface area (Å²) in [6.45, 7) is 4.45. The lowest BCUT2D eigenvalue weighted by molar-refractivity contribution is 0.0991. The molecular formula is C17H19BNO. The van der Waals surface area contributed by atoms with Crippen LogP contribution in [0.15, 0.2) is 60.7 Å². The van der Waals surface area contributed by atoms with E-state index in [2.05, 4.69) is 67.6 Å². The van der Waals surface area contributed by atoms with Gasteiger partial charge in [0.15, 0.2) is 0 Å². The second-order valence-electron chi connectivity index (χ2n) is 5.59. The first-order valence-electron chi connectivity index (χ1n) is 7.12. The van der Waals surface area contributed by atoms with Crippen molar-refractivity contribution in [1.82, 2.24) is 5.23 Å². The fraction of sp³-hybridized carbons (Fsp3) is 0.294. The van der Waals surface area contributed by atoms with Gasteiger partial charge in [0.1, 0.15) is 5.60 Å². The van der Waals surface area contributed by atoms with E-state index in [-0.39, 0.29) is 6.04 Å². The molecule has 0 bridgehead atoms. The Kier molecular flexibility index (Phi) is 3.64. The molecule has 1 N–H and O–H groups in total. The Morgan fingerprint density at radius 2 is 1.45 bits per heavy atom. The van der Waals surface area contributed by atoms with Gasteiger partial charge in [-0.2, -0.15) is 0 Å². The van der Waals surface area contributed by atoms with Crippen LogP contribution in [-0.2, 0) is 10.3 Å². The van der Waals surface area contributed by atoms with E-state index in [9.17, 15) is 0 Å². The number of benzene rings is 2. The molecule has 20 heavy (non-hydrogen) atoms. The van der Waals surface area contributed by atoms with Gasteiger partial charge in [0.05, 0.1) is 0 Å². The van der Waals surface area contributed by atoms with Crippen LogP contribution >= 0.6 is 0 Å². The second-order valence-corrected chi connectivity index (χ2v) is 5.59. The lowest BCUT2D eigenvalue weighted by atomic mass is 9.76. The Balaban J connectivity index is 2.18. The molecular weight excluding hydrogens is 245 g/mol. The molecule has 2 aromatic carbocycles. The lowest BCUT2D eigenvalue weighted by Gasteiger charge is -2.38. The molecule has 0 saturated carbocycles. The third kappa shape index (κ3) is 2.07. The van der Waals surface area contributed by atoms with Gasteiger partial charge in [-0.25, -0.2) is 0 Å². The first-order valence-corrected chi connectivity index (χ1v) is 7.12. The van der Waals surface area contributed by atoms with Crippen molar-refractivity contribution in [2.24, 2.45) is 5.92 Å². The van der Waals surface area contributed by atoms with Gasteiger partial charge in [-0.15, -0.1) is 0 Å². The van der Waals surface area contributed by atoms with Gasteiger partial charge in [-0.1, -0.05) is 74.5 Å².